The summed E-state index contributed by atoms with van der Waals surface area (Å²) in [7, 11) is 0. The van der Waals surface area contributed by atoms with Gasteiger partial charge >= 0.3 is 0 Å². The molecular weight excluding hydrogens is 126 g/mol. The van der Waals surface area contributed by atoms with Crippen LogP contribution < -0.4 is 5.73 Å². The van der Waals surface area contributed by atoms with Crippen molar-refractivity contribution >= 4 is 11.7 Å². The first-order valence-electron chi connectivity index (χ1n) is 3.59. The number of nitrogens with zero attached hydrogens (tertiary/aromatic N) is 1. The van der Waals surface area contributed by atoms with E-state index in [0.717, 1.165) is 6.42 Å². The lowest BCUT2D eigenvalue weighted by molar-refractivity contribution is 0.565. The zero-order chi connectivity index (χ0) is 7.72. The van der Waals surface area contributed by atoms with Crippen LogP contribution in [0.25, 0.3) is 0 Å². The topological polar surface area (TPSA) is 62.2 Å². The fourth-order valence-corrected chi connectivity index (χ4v) is 1.31. The second-order valence-electron chi connectivity index (χ2n) is 2.73. The molecule has 0 fully saturated rings. The van der Waals surface area contributed by atoms with Crippen molar-refractivity contribution in [3.05, 3.63) is 0 Å². The summed E-state index contributed by atoms with van der Waals surface area (Å²) in [5.74, 6) is 1.61. The third-order valence-electron chi connectivity index (χ3n) is 2.11. The second kappa shape index (κ2) is 2.40. The lowest BCUT2D eigenvalue weighted by Crippen LogP contribution is -2.22. The van der Waals surface area contributed by atoms with Crippen molar-refractivity contribution in [3.63, 3.8) is 0 Å². The zero-order valence-corrected chi connectivity index (χ0v) is 6.39. The molecule has 0 bridgehead atoms. The van der Waals surface area contributed by atoms with E-state index in [0.29, 0.717) is 11.7 Å². The van der Waals surface area contributed by atoms with Gasteiger partial charge in [0.2, 0.25) is 0 Å². The first-order chi connectivity index (χ1) is 4.66. The number of nitrogens with one attached hydrogen (secondary N) is 1. The molecule has 1 rings (SSSR count). The van der Waals surface area contributed by atoms with E-state index in [1.807, 2.05) is 6.92 Å². The van der Waals surface area contributed by atoms with Crippen molar-refractivity contribution in [1.29, 1.82) is 5.41 Å². The summed E-state index contributed by atoms with van der Waals surface area (Å²) in [4.78, 5) is 3.90. The Labute approximate surface area is 60.8 Å². The van der Waals surface area contributed by atoms with Crippen LogP contribution in [0.1, 0.15) is 20.3 Å². The molecule has 3 nitrogen and oxygen atoms in total. The van der Waals surface area contributed by atoms with E-state index in [9.17, 15) is 0 Å². The first kappa shape index (κ1) is 7.25. The average molecular weight is 139 g/mol. The first-order valence-corrected chi connectivity index (χ1v) is 3.59. The van der Waals surface area contributed by atoms with Gasteiger partial charge in [-0.1, -0.05) is 13.8 Å². The molecule has 1 heterocycles. The lowest BCUT2D eigenvalue weighted by Gasteiger charge is -2.10. The minimum atomic E-state index is 0.264. The summed E-state index contributed by atoms with van der Waals surface area (Å²) in [6.07, 6.45) is 0.962. The quantitative estimate of drug-likeness (QED) is 0.559. The molecule has 1 aliphatic rings. The van der Waals surface area contributed by atoms with Crippen LogP contribution in [0.4, 0.5) is 0 Å². The van der Waals surface area contributed by atoms with Crippen LogP contribution >= 0.6 is 0 Å². The number of nitrogens with two attached hydrogens (primary N) is 1. The SMILES string of the molecule is CCC1C(=N)N=C(N)C1C. The standard InChI is InChI=1S/C7H13N3/c1-3-5-4(2)6(8)10-7(5)9/h4-5H,3H2,1-2H3,(H3,8,9,10). The van der Waals surface area contributed by atoms with Crippen LogP contribution in [0.15, 0.2) is 4.99 Å². The molecule has 0 aromatic rings. The van der Waals surface area contributed by atoms with E-state index < -0.39 is 0 Å². The van der Waals surface area contributed by atoms with Crippen LogP contribution in [-0.2, 0) is 0 Å². The number of rotatable bonds is 1. The predicted octanol–water partition coefficient (Wildman–Crippen LogP) is 0.997. The van der Waals surface area contributed by atoms with E-state index in [4.69, 9.17) is 11.1 Å². The molecule has 10 heavy (non-hydrogen) atoms. The Morgan fingerprint density at radius 1 is 1.70 bits per heavy atom. The van der Waals surface area contributed by atoms with E-state index in [1.54, 1.807) is 0 Å². The highest BCUT2D eigenvalue weighted by atomic mass is 15.0. The molecule has 0 aliphatic carbocycles. The van der Waals surface area contributed by atoms with Crippen molar-refractivity contribution in [2.24, 2.45) is 22.6 Å². The van der Waals surface area contributed by atoms with Gasteiger partial charge in [-0.15, -0.1) is 0 Å². The number of aliphatic imine (C=N–C) groups is 1. The van der Waals surface area contributed by atoms with Gasteiger partial charge in [-0.2, -0.15) is 0 Å². The Kier molecular flexibility index (Phi) is 1.74. The molecule has 0 saturated carbocycles. The Bertz CT molecular complexity index is 183. The normalized spacial score (nSPS) is 32.6. The van der Waals surface area contributed by atoms with Crippen molar-refractivity contribution in [2.45, 2.75) is 20.3 Å². The third-order valence-corrected chi connectivity index (χ3v) is 2.11. The van der Waals surface area contributed by atoms with E-state index in [1.165, 1.54) is 0 Å². The van der Waals surface area contributed by atoms with Gasteiger partial charge in [0.1, 0.15) is 11.7 Å². The lowest BCUT2D eigenvalue weighted by atomic mass is 9.93. The Hall–Kier alpha value is -0.860. The van der Waals surface area contributed by atoms with Gasteiger partial charge in [0.15, 0.2) is 0 Å². The van der Waals surface area contributed by atoms with Gasteiger partial charge in [-0.05, 0) is 6.42 Å². The molecule has 0 aromatic heterocycles. The third kappa shape index (κ3) is 0.916. The molecule has 3 N–H and O–H groups in total. The summed E-state index contributed by atoms with van der Waals surface area (Å²) in [6.45, 7) is 4.08. The zero-order valence-electron chi connectivity index (χ0n) is 6.39. The van der Waals surface area contributed by atoms with Crippen LogP contribution in [0.3, 0.4) is 0 Å². The van der Waals surface area contributed by atoms with Gasteiger partial charge < -0.3 is 5.73 Å². The molecule has 1 aliphatic heterocycles. The molecule has 2 atom stereocenters. The second-order valence-corrected chi connectivity index (χ2v) is 2.73. The fourth-order valence-electron chi connectivity index (χ4n) is 1.31. The van der Waals surface area contributed by atoms with E-state index in [2.05, 4.69) is 11.9 Å². The monoisotopic (exact) mass is 139 g/mol. The maximum Gasteiger partial charge on any atom is 0.126 e. The maximum absolute atomic E-state index is 7.40. The summed E-state index contributed by atoms with van der Waals surface area (Å²) in [6, 6.07) is 0. The maximum atomic E-state index is 7.40. The van der Waals surface area contributed by atoms with Crippen LogP contribution in [0.2, 0.25) is 0 Å². The van der Waals surface area contributed by atoms with Gasteiger partial charge in [0.25, 0.3) is 0 Å². The van der Waals surface area contributed by atoms with E-state index >= 15 is 0 Å². The molecule has 2 unspecified atom stereocenters. The Balaban J connectivity index is 2.76. The molecule has 3 heteroatoms. The number of hydrogen-bond donors (Lipinski definition) is 2. The molecule has 0 amide bonds. The van der Waals surface area contributed by atoms with Gasteiger partial charge in [0.05, 0.1) is 0 Å². The van der Waals surface area contributed by atoms with Gasteiger partial charge in [0, 0.05) is 11.8 Å². The Morgan fingerprint density at radius 3 is 2.50 bits per heavy atom. The summed E-state index contributed by atoms with van der Waals surface area (Å²) >= 11 is 0. The molecule has 0 saturated heterocycles. The number of hydrogen-bond acceptors (Lipinski definition) is 2. The number of amidine groups is 2. The van der Waals surface area contributed by atoms with Gasteiger partial charge in [-0.3, -0.25) is 5.41 Å². The summed E-state index contributed by atoms with van der Waals surface area (Å²) < 4.78 is 0. The highest BCUT2D eigenvalue weighted by Gasteiger charge is 2.28. The van der Waals surface area contributed by atoms with Crippen LogP contribution in [0.5, 0.6) is 0 Å². The molecule has 56 valence electrons. The molecule has 0 radical (unpaired) electrons. The van der Waals surface area contributed by atoms with Crippen molar-refractivity contribution in [3.8, 4) is 0 Å². The van der Waals surface area contributed by atoms with E-state index in [-0.39, 0.29) is 11.8 Å². The minimum absolute atomic E-state index is 0.264. The largest absolute Gasteiger partial charge is 0.387 e. The highest BCUT2D eigenvalue weighted by Crippen LogP contribution is 2.23. The smallest absolute Gasteiger partial charge is 0.126 e. The van der Waals surface area contributed by atoms with Crippen molar-refractivity contribution in [1.82, 2.24) is 0 Å². The van der Waals surface area contributed by atoms with Crippen LogP contribution in [0, 0.1) is 17.2 Å². The molecular formula is C7H13N3. The van der Waals surface area contributed by atoms with Crippen LogP contribution in [-0.4, -0.2) is 11.7 Å². The minimum Gasteiger partial charge on any atom is -0.387 e. The van der Waals surface area contributed by atoms with Crippen molar-refractivity contribution in [2.75, 3.05) is 0 Å². The fraction of sp³-hybridized carbons (Fsp3) is 0.714. The van der Waals surface area contributed by atoms with Crippen molar-refractivity contribution < 1.29 is 0 Å². The predicted molar refractivity (Wildman–Crippen MR) is 42.3 cm³/mol. The Morgan fingerprint density at radius 2 is 2.30 bits per heavy atom. The molecule has 0 aromatic carbocycles. The summed E-state index contributed by atoms with van der Waals surface area (Å²) in [5, 5.41) is 7.40. The highest BCUT2D eigenvalue weighted by molar-refractivity contribution is 6.04. The molecule has 0 spiro atoms. The summed E-state index contributed by atoms with van der Waals surface area (Å²) in [5.41, 5.74) is 5.54. The van der Waals surface area contributed by atoms with Gasteiger partial charge in [-0.25, -0.2) is 4.99 Å². The average Bonchev–Trinajstić information content (AvgIpc) is 2.09.